The molecule has 6 heteroatoms. The van der Waals surface area contributed by atoms with Crippen molar-refractivity contribution < 1.29 is 14.7 Å². The van der Waals surface area contributed by atoms with Crippen LogP contribution < -0.4 is 0 Å². The number of hydrogen-bond acceptors (Lipinski definition) is 3. The molecule has 22 heavy (non-hydrogen) atoms. The summed E-state index contributed by atoms with van der Waals surface area (Å²) in [4.78, 5) is 26.8. The number of carbonyl (C=O) groups excluding carboxylic acids is 1. The molecule has 0 saturated heterocycles. The van der Waals surface area contributed by atoms with Crippen LogP contribution in [0.25, 0.3) is 0 Å². The minimum atomic E-state index is -0.902. The molecule has 0 aliphatic heterocycles. The lowest BCUT2D eigenvalue weighted by Crippen LogP contribution is -2.45. The number of nitrogens with zero attached hydrogens (tertiary/aromatic N) is 2. The standard InChI is InChI=1S/C16H32N2O3.ClH/c1-12(2)7-9-18(10-8-13(3)4)15(19)11-17(6)14(5)16(20)21;/h12-14H,7-11H2,1-6H3,(H,20,21);1H. The quantitative estimate of drug-likeness (QED) is 0.666. The van der Waals surface area contributed by atoms with Crippen LogP contribution in [-0.4, -0.2) is 59.5 Å². The number of carboxylic acid groups (broad SMARTS) is 1. The minimum absolute atomic E-state index is 0. The van der Waals surface area contributed by atoms with Crippen LogP contribution in [0.3, 0.4) is 0 Å². The third-order valence-corrected chi connectivity index (χ3v) is 3.71. The molecule has 0 bridgehead atoms. The summed E-state index contributed by atoms with van der Waals surface area (Å²) in [5, 5.41) is 8.99. The van der Waals surface area contributed by atoms with Gasteiger partial charge in [-0.15, -0.1) is 12.4 Å². The zero-order valence-electron chi connectivity index (χ0n) is 14.8. The van der Waals surface area contributed by atoms with Crippen LogP contribution >= 0.6 is 12.4 Å². The third-order valence-electron chi connectivity index (χ3n) is 3.71. The largest absolute Gasteiger partial charge is 0.480 e. The van der Waals surface area contributed by atoms with Crippen LogP contribution in [0.5, 0.6) is 0 Å². The Hall–Kier alpha value is -0.810. The Bertz CT molecular complexity index is 323. The van der Waals surface area contributed by atoms with Gasteiger partial charge in [-0.05, 0) is 38.6 Å². The van der Waals surface area contributed by atoms with E-state index in [1.165, 1.54) is 0 Å². The number of carbonyl (C=O) groups is 2. The lowest BCUT2D eigenvalue weighted by molar-refractivity contribution is -0.143. The van der Waals surface area contributed by atoms with E-state index < -0.39 is 12.0 Å². The van der Waals surface area contributed by atoms with Gasteiger partial charge in [-0.25, -0.2) is 0 Å². The highest BCUT2D eigenvalue weighted by Crippen LogP contribution is 2.08. The summed E-state index contributed by atoms with van der Waals surface area (Å²) in [5.41, 5.74) is 0. The smallest absolute Gasteiger partial charge is 0.320 e. The molecule has 0 radical (unpaired) electrons. The van der Waals surface area contributed by atoms with Crippen LogP contribution in [-0.2, 0) is 9.59 Å². The van der Waals surface area contributed by atoms with Crippen molar-refractivity contribution >= 4 is 24.3 Å². The molecule has 0 saturated carbocycles. The molecule has 1 N–H and O–H groups in total. The van der Waals surface area contributed by atoms with Crippen molar-refractivity contribution in [1.82, 2.24) is 9.80 Å². The lowest BCUT2D eigenvalue weighted by Gasteiger charge is -2.28. The lowest BCUT2D eigenvalue weighted by atomic mass is 10.1. The van der Waals surface area contributed by atoms with E-state index >= 15 is 0 Å². The predicted octanol–water partition coefficient (Wildman–Crippen LogP) is 2.73. The molecule has 0 fully saturated rings. The number of aliphatic carboxylic acids is 1. The average molecular weight is 337 g/mol. The second-order valence-corrected chi connectivity index (χ2v) is 6.68. The summed E-state index contributed by atoms with van der Waals surface area (Å²) in [7, 11) is 1.68. The summed E-state index contributed by atoms with van der Waals surface area (Å²) >= 11 is 0. The number of hydrogen-bond donors (Lipinski definition) is 1. The van der Waals surface area contributed by atoms with Crippen LogP contribution in [0, 0.1) is 11.8 Å². The fourth-order valence-electron chi connectivity index (χ4n) is 1.83. The normalized spacial score (nSPS) is 12.4. The van der Waals surface area contributed by atoms with Gasteiger partial charge in [0.1, 0.15) is 6.04 Å². The van der Waals surface area contributed by atoms with E-state index in [0.29, 0.717) is 11.8 Å². The van der Waals surface area contributed by atoms with Crippen LogP contribution in [0.15, 0.2) is 0 Å². The molecule has 1 amide bonds. The average Bonchev–Trinajstić information content (AvgIpc) is 2.36. The highest BCUT2D eigenvalue weighted by atomic mass is 35.5. The summed E-state index contributed by atoms with van der Waals surface area (Å²) in [5.74, 6) is 0.221. The molecule has 0 spiro atoms. The van der Waals surface area contributed by atoms with E-state index in [1.807, 2.05) is 4.90 Å². The SMILES string of the molecule is CC(C)CCN(CCC(C)C)C(=O)CN(C)C(C)C(=O)O.Cl. The van der Waals surface area contributed by atoms with Gasteiger partial charge in [-0.1, -0.05) is 27.7 Å². The Kier molecular flexibility index (Phi) is 12.5. The van der Waals surface area contributed by atoms with E-state index in [0.717, 1.165) is 25.9 Å². The van der Waals surface area contributed by atoms with E-state index in [-0.39, 0.29) is 24.9 Å². The molecule has 0 heterocycles. The van der Waals surface area contributed by atoms with Gasteiger partial charge >= 0.3 is 5.97 Å². The maximum absolute atomic E-state index is 12.4. The van der Waals surface area contributed by atoms with Crippen LogP contribution in [0.1, 0.15) is 47.5 Å². The van der Waals surface area contributed by atoms with E-state index in [9.17, 15) is 9.59 Å². The Morgan fingerprint density at radius 3 is 1.68 bits per heavy atom. The molecule has 0 aromatic carbocycles. The fraction of sp³-hybridized carbons (Fsp3) is 0.875. The molecule has 5 nitrogen and oxygen atoms in total. The highest BCUT2D eigenvalue weighted by Gasteiger charge is 2.22. The first-order valence-electron chi connectivity index (χ1n) is 7.86. The summed E-state index contributed by atoms with van der Waals surface area (Å²) < 4.78 is 0. The van der Waals surface area contributed by atoms with Gasteiger partial charge in [0, 0.05) is 13.1 Å². The fourth-order valence-corrected chi connectivity index (χ4v) is 1.83. The second kappa shape index (κ2) is 11.7. The molecule has 132 valence electrons. The first kappa shape index (κ1) is 23.5. The van der Waals surface area contributed by atoms with Gasteiger partial charge in [0.05, 0.1) is 6.54 Å². The van der Waals surface area contributed by atoms with Crippen molar-refractivity contribution in [3.63, 3.8) is 0 Å². The number of amides is 1. The van der Waals surface area contributed by atoms with Crippen molar-refractivity contribution in [3.8, 4) is 0 Å². The van der Waals surface area contributed by atoms with Crippen LogP contribution in [0.2, 0.25) is 0 Å². The third kappa shape index (κ3) is 10.0. The number of likely N-dealkylation sites (N-methyl/N-ethyl adjacent to an activating group) is 1. The van der Waals surface area contributed by atoms with Gasteiger partial charge in [-0.3, -0.25) is 14.5 Å². The molecule has 0 aromatic heterocycles. The van der Waals surface area contributed by atoms with Crippen molar-refractivity contribution in [2.75, 3.05) is 26.7 Å². The molecule has 0 aliphatic carbocycles. The van der Waals surface area contributed by atoms with Crippen molar-refractivity contribution in [2.24, 2.45) is 11.8 Å². The monoisotopic (exact) mass is 336 g/mol. The van der Waals surface area contributed by atoms with E-state index in [4.69, 9.17) is 5.11 Å². The van der Waals surface area contributed by atoms with E-state index in [1.54, 1.807) is 18.9 Å². The van der Waals surface area contributed by atoms with Gasteiger partial charge in [0.2, 0.25) is 5.91 Å². The zero-order chi connectivity index (χ0) is 16.6. The first-order chi connectivity index (χ1) is 9.65. The number of carboxylic acids is 1. The summed E-state index contributed by atoms with van der Waals surface area (Å²) in [6, 6.07) is -0.647. The molecule has 0 aliphatic rings. The van der Waals surface area contributed by atoms with Gasteiger partial charge < -0.3 is 10.0 Å². The number of rotatable bonds is 10. The molecule has 0 rings (SSSR count). The molecular formula is C16H33ClN2O3. The predicted molar refractivity (Wildman–Crippen MR) is 92.5 cm³/mol. The van der Waals surface area contributed by atoms with Crippen molar-refractivity contribution in [2.45, 2.75) is 53.5 Å². The first-order valence-corrected chi connectivity index (χ1v) is 7.86. The second-order valence-electron chi connectivity index (χ2n) is 6.68. The Morgan fingerprint density at radius 1 is 0.955 bits per heavy atom. The molecule has 1 unspecified atom stereocenters. The Labute approximate surface area is 141 Å². The minimum Gasteiger partial charge on any atom is -0.480 e. The maximum atomic E-state index is 12.4. The molecule has 1 atom stereocenters. The number of halogens is 1. The van der Waals surface area contributed by atoms with Crippen LogP contribution in [0.4, 0.5) is 0 Å². The zero-order valence-corrected chi connectivity index (χ0v) is 15.7. The highest BCUT2D eigenvalue weighted by molar-refractivity contribution is 5.85. The van der Waals surface area contributed by atoms with E-state index in [2.05, 4.69) is 27.7 Å². The van der Waals surface area contributed by atoms with Crippen molar-refractivity contribution in [3.05, 3.63) is 0 Å². The maximum Gasteiger partial charge on any atom is 0.320 e. The van der Waals surface area contributed by atoms with Crippen molar-refractivity contribution in [1.29, 1.82) is 0 Å². The summed E-state index contributed by atoms with van der Waals surface area (Å²) in [6.45, 7) is 11.8. The molecule has 0 aromatic rings. The Morgan fingerprint density at radius 2 is 1.36 bits per heavy atom. The van der Waals surface area contributed by atoms with Gasteiger partial charge in [0.25, 0.3) is 0 Å². The topological polar surface area (TPSA) is 60.9 Å². The van der Waals surface area contributed by atoms with Gasteiger partial charge in [0.15, 0.2) is 0 Å². The summed E-state index contributed by atoms with van der Waals surface area (Å²) in [6.07, 6.45) is 1.95. The Balaban J connectivity index is 0. The molecular weight excluding hydrogens is 304 g/mol. The van der Waals surface area contributed by atoms with Gasteiger partial charge in [-0.2, -0.15) is 0 Å².